The van der Waals surface area contributed by atoms with E-state index in [0.29, 0.717) is 17.6 Å². The van der Waals surface area contributed by atoms with Crippen LogP contribution in [-0.4, -0.2) is 59.9 Å². The number of nitrogens with zero attached hydrogens (tertiary/aromatic N) is 4. The second-order valence-electron chi connectivity index (χ2n) is 8.82. The number of piperazine rings is 1. The van der Waals surface area contributed by atoms with Gasteiger partial charge in [0.05, 0.1) is 17.5 Å². The number of nitrogens with one attached hydrogen (secondary N) is 1. The van der Waals surface area contributed by atoms with Gasteiger partial charge in [0.25, 0.3) is 5.56 Å². The summed E-state index contributed by atoms with van der Waals surface area (Å²) in [5.74, 6) is -0.0573. The Labute approximate surface area is 195 Å². The molecule has 1 aromatic heterocycles. The average molecular weight is 448 g/mol. The Kier molecular flexibility index (Phi) is 7.40. The number of benzene rings is 2. The minimum Gasteiger partial charge on any atom is -0.369 e. The maximum Gasteiger partial charge on any atom is 0.274 e. The Balaban J connectivity index is 1.17. The number of aromatic nitrogens is 2. The average Bonchev–Trinajstić information content (AvgIpc) is 2.82. The van der Waals surface area contributed by atoms with Gasteiger partial charge in [0, 0.05) is 50.8 Å². The molecule has 0 unspecified atom stereocenters. The van der Waals surface area contributed by atoms with Crippen molar-refractivity contribution in [3.05, 3.63) is 70.1 Å². The van der Waals surface area contributed by atoms with Crippen molar-refractivity contribution in [2.45, 2.75) is 26.2 Å². The molecule has 1 N–H and O–H groups in total. The molecule has 1 fully saturated rings. The summed E-state index contributed by atoms with van der Waals surface area (Å²) in [7, 11) is 1.62. The zero-order chi connectivity index (χ0) is 23.2. The van der Waals surface area contributed by atoms with Crippen LogP contribution in [0.4, 0.5) is 5.69 Å². The molecule has 1 amide bonds. The largest absolute Gasteiger partial charge is 0.369 e. The van der Waals surface area contributed by atoms with Gasteiger partial charge in [-0.05, 0) is 50.1 Å². The molecule has 174 valence electrons. The number of hydrogen-bond donors (Lipinski definition) is 1. The van der Waals surface area contributed by atoms with E-state index in [-0.39, 0.29) is 17.9 Å². The Hall–Kier alpha value is -3.19. The molecule has 1 aliphatic rings. The third-order valence-corrected chi connectivity index (χ3v) is 6.32. The first kappa shape index (κ1) is 23.0. The quantitative estimate of drug-likeness (QED) is 0.538. The maximum absolute atomic E-state index is 12.5. The first-order valence-corrected chi connectivity index (χ1v) is 11.8. The lowest BCUT2D eigenvalue weighted by atomic mass is 10.1. The van der Waals surface area contributed by atoms with Crippen LogP contribution in [0.1, 0.15) is 24.1 Å². The monoisotopic (exact) mass is 447 g/mol. The van der Waals surface area contributed by atoms with Gasteiger partial charge in [-0.15, -0.1) is 0 Å². The van der Waals surface area contributed by atoms with Crippen LogP contribution >= 0.6 is 0 Å². The summed E-state index contributed by atoms with van der Waals surface area (Å²) in [6.45, 7) is 8.12. The summed E-state index contributed by atoms with van der Waals surface area (Å²) in [5, 5.41) is 8.67. The standard InChI is InChI=1S/C26H33N5O2/c1-20-8-7-9-21(18-20)31-16-14-30(15-17-31)13-6-5-12-27-25(32)19-24-22-10-3-4-11-23(22)26(33)29(2)28-24/h3-4,7-11,18H,5-6,12-17,19H2,1-2H3,(H,27,32). The minimum absolute atomic E-state index is 0.0573. The lowest BCUT2D eigenvalue weighted by molar-refractivity contribution is -0.120. The number of anilines is 1. The van der Waals surface area contributed by atoms with Gasteiger partial charge in [0.2, 0.25) is 5.91 Å². The zero-order valence-electron chi connectivity index (χ0n) is 19.6. The minimum atomic E-state index is -0.144. The van der Waals surface area contributed by atoms with Crippen LogP contribution in [0, 0.1) is 6.92 Å². The van der Waals surface area contributed by atoms with Crippen molar-refractivity contribution in [3.63, 3.8) is 0 Å². The summed E-state index contributed by atoms with van der Waals surface area (Å²) in [5.41, 5.74) is 3.11. The van der Waals surface area contributed by atoms with Crippen molar-refractivity contribution < 1.29 is 4.79 Å². The molecule has 0 atom stereocenters. The lowest BCUT2D eigenvalue weighted by Gasteiger charge is -2.36. The second kappa shape index (κ2) is 10.6. The summed E-state index contributed by atoms with van der Waals surface area (Å²) < 4.78 is 1.31. The molecule has 4 rings (SSSR count). The fraction of sp³-hybridized carbons (Fsp3) is 0.423. The molecule has 0 aliphatic carbocycles. The highest BCUT2D eigenvalue weighted by molar-refractivity contribution is 5.88. The number of hydrogen-bond acceptors (Lipinski definition) is 5. The first-order chi connectivity index (χ1) is 16.0. The fourth-order valence-corrected chi connectivity index (χ4v) is 4.46. The maximum atomic E-state index is 12.5. The molecule has 0 spiro atoms. The number of rotatable bonds is 8. The predicted octanol–water partition coefficient (Wildman–Crippen LogP) is 2.50. The van der Waals surface area contributed by atoms with Crippen molar-refractivity contribution in [2.24, 2.45) is 7.05 Å². The van der Waals surface area contributed by atoms with E-state index < -0.39 is 0 Å². The molecule has 33 heavy (non-hydrogen) atoms. The smallest absolute Gasteiger partial charge is 0.274 e. The number of fused-ring (bicyclic) bond motifs is 1. The van der Waals surface area contributed by atoms with E-state index in [0.717, 1.165) is 51.0 Å². The van der Waals surface area contributed by atoms with E-state index in [9.17, 15) is 9.59 Å². The van der Waals surface area contributed by atoms with E-state index in [2.05, 4.69) is 51.4 Å². The number of aryl methyl sites for hydroxylation is 2. The highest BCUT2D eigenvalue weighted by Crippen LogP contribution is 2.18. The van der Waals surface area contributed by atoms with Gasteiger partial charge < -0.3 is 10.2 Å². The van der Waals surface area contributed by atoms with Gasteiger partial charge in [-0.25, -0.2) is 4.68 Å². The Morgan fingerprint density at radius 3 is 2.52 bits per heavy atom. The molecular weight excluding hydrogens is 414 g/mol. The van der Waals surface area contributed by atoms with E-state index in [1.165, 1.54) is 15.9 Å². The Morgan fingerprint density at radius 2 is 1.76 bits per heavy atom. The number of unbranched alkanes of at least 4 members (excludes halogenated alkanes) is 1. The van der Waals surface area contributed by atoms with Gasteiger partial charge in [0.1, 0.15) is 0 Å². The molecule has 7 heteroatoms. The first-order valence-electron chi connectivity index (χ1n) is 11.8. The Bertz CT molecular complexity index is 1160. The van der Waals surface area contributed by atoms with Crippen LogP contribution in [0.15, 0.2) is 53.3 Å². The van der Waals surface area contributed by atoms with Gasteiger partial charge >= 0.3 is 0 Å². The number of carbonyl (C=O) groups is 1. The molecule has 2 aromatic carbocycles. The van der Waals surface area contributed by atoms with Crippen LogP contribution in [-0.2, 0) is 18.3 Å². The van der Waals surface area contributed by atoms with Crippen molar-refractivity contribution >= 4 is 22.4 Å². The number of amides is 1. The van der Waals surface area contributed by atoms with Crippen LogP contribution in [0.3, 0.4) is 0 Å². The van der Waals surface area contributed by atoms with Crippen molar-refractivity contribution in [1.29, 1.82) is 0 Å². The second-order valence-corrected chi connectivity index (χ2v) is 8.82. The molecule has 2 heterocycles. The van der Waals surface area contributed by atoms with Gasteiger partial charge in [0.15, 0.2) is 0 Å². The SMILES string of the molecule is Cc1cccc(N2CCN(CCCCNC(=O)Cc3nn(C)c(=O)c4ccccc34)CC2)c1. The normalized spacial score (nSPS) is 14.5. The molecular formula is C26H33N5O2. The zero-order valence-corrected chi connectivity index (χ0v) is 19.6. The van der Waals surface area contributed by atoms with E-state index >= 15 is 0 Å². The summed E-state index contributed by atoms with van der Waals surface area (Å²) >= 11 is 0. The van der Waals surface area contributed by atoms with Gasteiger partial charge in [-0.3, -0.25) is 14.5 Å². The molecule has 0 saturated carbocycles. The Morgan fingerprint density at radius 1 is 1.00 bits per heavy atom. The van der Waals surface area contributed by atoms with Crippen LogP contribution in [0.25, 0.3) is 10.8 Å². The lowest BCUT2D eigenvalue weighted by Crippen LogP contribution is -2.46. The third kappa shape index (κ3) is 5.79. The van der Waals surface area contributed by atoms with Gasteiger partial charge in [-0.2, -0.15) is 5.10 Å². The molecule has 1 aliphatic heterocycles. The number of carbonyl (C=O) groups excluding carboxylic acids is 1. The van der Waals surface area contributed by atoms with Crippen LogP contribution in [0.2, 0.25) is 0 Å². The van der Waals surface area contributed by atoms with Crippen LogP contribution < -0.4 is 15.8 Å². The molecule has 1 saturated heterocycles. The van der Waals surface area contributed by atoms with E-state index in [4.69, 9.17) is 0 Å². The molecule has 0 radical (unpaired) electrons. The van der Waals surface area contributed by atoms with Gasteiger partial charge in [-0.1, -0.05) is 30.3 Å². The van der Waals surface area contributed by atoms with Crippen molar-refractivity contribution in [1.82, 2.24) is 20.0 Å². The van der Waals surface area contributed by atoms with E-state index in [1.807, 2.05) is 18.2 Å². The highest BCUT2D eigenvalue weighted by atomic mass is 16.1. The van der Waals surface area contributed by atoms with Crippen molar-refractivity contribution in [3.8, 4) is 0 Å². The van der Waals surface area contributed by atoms with Crippen LogP contribution in [0.5, 0.6) is 0 Å². The fourth-order valence-electron chi connectivity index (χ4n) is 4.46. The van der Waals surface area contributed by atoms with E-state index in [1.54, 1.807) is 13.1 Å². The summed E-state index contributed by atoms with van der Waals surface area (Å²) in [4.78, 5) is 29.7. The summed E-state index contributed by atoms with van der Waals surface area (Å²) in [6, 6.07) is 16.0. The topological polar surface area (TPSA) is 70.5 Å². The summed E-state index contributed by atoms with van der Waals surface area (Å²) in [6.07, 6.45) is 2.19. The molecule has 3 aromatic rings. The van der Waals surface area contributed by atoms with Crippen molar-refractivity contribution in [2.75, 3.05) is 44.2 Å². The predicted molar refractivity (Wildman–Crippen MR) is 133 cm³/mol. The third-order valence-electron chi connectivity index (χ3n) is 6.32. The molecule has 7 nitrogen and oxygen atoms in total. The molecule has 0 bridgehead atoms. The highest BCUT2D eigenvalue weighted by Gasteiger charge is 2.17.